The summed E-state index contributed by atoms with van der Waals surface area (Å²) in [5.41, 5.74) is 6.00. The molecule has 1 atom stereocenters. The number of nitrogens with one attached hydrogen (secondary N) is 1. The minimum atomic E-state index is -0.0657. The van der Waals surface area contributed by atoms with Crippen molar-refractivity contribution in [1.82, 2.24) is 10.3 Å². The Morgan fingerprint density at radius 1 is 1.56 bits per heavy atom. The second-order valence-electron chi connectivity index (χ2n) is 4.99. The molecule has 1 aromatic rings. The number of carbonyl (C=O) groups is 1. The van der Waals surface area contributed by atoms with E-state index < -0.39 is 0 Å². The number of aromatic nitrogens is 1. The average Bonchev–Trinajstić information content (AvgIpc) is 2.88. The smallest absolute Gasteiger partial charge is 0.270 e. The van der Waals surface area contributed by atoms with Gasteiger partial charge in [-0.15, -0.1) is 11.3 Å². The lowest BCUT2D eigenvalue weighted by atomic mass is 9.84. The van der Waals surface area contributed by atoms with Gasteiger partial charge in [-0.1, -0.05) is 19.3 Å². The maximum Gasteiger partial charge on any atom is 0.270 e. The van der Waals surface area contributed by atoms with Crippen molar-refractivity contribution in [2.24, 2.45) is 11.7 Å². The molecule has 100 valence electrons. The Labute approximate surface area is 112 Å². The monoisotopic (exact) mass is 267 g/mol. The summed E-state index contributed by atoms with van der Waals surface area (Å²) in [6.45, 7) is 2.50. The van der Waals surface area contributed by atoms with Crippen LogP contribution in [0.3, 0.4) is 0 Å². The van der Waals surface area contributed by atoms with E-state index in [2.05, 4.69) is 17.2 Å². The molecule has 5 heteroatoms. The van der Waals surface area contributed by atoms with Crippen LogP contribution >= 0.6 is 11.3 Å². The molecule has 0 saturated heterocycles. The molecule has 0 aliphatic heterocycles. The molecule has 18 heavy (non-hydrogen) atoms. The second-order valence-corrected chi connectivity index (χ2v) is 5.93. The molecule has 1 heterocycles. The van der Waals surface area contributed by atoms with Crippen molar-refractivity contribution >= 4 is 17.2 Å². The highest BCUT2D eigenvalue weighted by Gasteiger charge is 2.22. The summed E-state index contributed by atoms with van der Waals surface area (Å²) in [6, 6.07) is 0.237. The van der Waals surface area contributed by atoms with Crippen molar-refractivity contribution in [2.45, 2.75) is 51.6 Å². The van der Waals surface area contributed by atoms with E-state index in [1.54, 1.807) is 5.38 Å². The molecule has 1 aromatic heterocycles. The molecule has 0 aromatic carbocycles. The first-order chi connectivity index (χ1) is 8.70. The average molecular weight is 267 g/mol. The van der Waals surface area contributed by atoms with Gasteiger partial charge in [0.05, 0.1) is 0 Å². The summed E-state index contributed by atoms with van der Waals surface area (Å²) in [4.78, 5) is 16.2. The molecule has 1 fully saturated rings. The first-order valence-corrected chi connectivity index (χ1v) is 7.54. The van der Waals surface area contributed by atoms with Crippen molar-refractivity contribution in [3.8, 4) is 0 Å². The minimum Gasteiger partial charge on any atom is -0.348 e. The van der Waals surface area contributed by atoms with Gasteiger partial charge >= 0.3 is 0 Å². The molecule has 0 bridgehead atoms. The van der Waals surface area contributed by atoms with Crippen molar-refractivity contribution in [3.05, 3.63) is 16.1 Å². The summed E-state index contributed by atoms with van der Waals surface area (Å²) in [7, 11) is 0. The minimum absolute atomic E-state index is 0.0657. The first kappa shape index (κ1) is 13.5. The van der Waals surface area contributed by atoms with Gasteiger partial charge in [0.1, 0.15) is 10.7 Å². The third kappa shape index (κ3) is 3.29. The van der Waals surface area contributed by atoms with Crippen molar-refractivity contribution < 1.29 is 4.79 Å². The van der Waals surface area contributed by atoms with Gasteiger partial charge < -0.3 is 11.1 Å². The van der Waals surface area contributed by atoms with Gasteiger partial charge in [-0.2, -0.15) is 0 Å². The van der Waals surface area contributed by atoms with Crippen LogP contribution in [0.15, 0.2) is 5.38 Å². The number of hydrogen-bond donors (Lipinski definition) is 2. The van der Waals surface area contributed by atoms with Gasteiger partial charge in [-0.05, 0) is 25.7 Å². The lowest BCUT2D eigenvalue weighted by molar-refractivity contribution is 0.0914. The number of hydrogen-bond acceptors (Lipinski definition) is 4. The lowest BCUT2D eigenvalue weighted by Gasteiger charge is -2.28. The third-order valence-corrected chi connectivity index (χ3v) is 4.55. The second kappa shape index (κ2) is 6.29. The molecule has 4 nitrogen and oxygen atoms in total. The summed E-state index contributed by atoms with van der Waals surface area (Å²) in [5.74, 6) is 0.555. The molecule has 1 aliphatic rings. The highest BCUT2D eigenvalue weighted by molar-refractivity contribution is 7.09. The molecule has 3 N–H and O–H groups in total. The number of nitrogens with zero attached hydrogens (tertiary/aromatic N) is 1. The van der Waals surface area contributed by atoms with Gasteiger partial charge in [0, 0.05) is 18.0 Å². The van der Waals surface area contributed by atoms with Gasteiger partial charge in [0.15, 0.2) is 0 Å². The predicted octanol–water partition coefficient (Wildman–Crippen LogP) is 2.30. The molecular weight excluding hydrogens is 246 g/mol. The molecule has 0 spiro atoms. The fourth-order valence-corrected chi connectivity index (χ4v) is 3.20. The summed E-state index contributed by atoms with van der Waals surface area (Å²) >= 11 is 1.44. The van der Waals surface area contributed by atoms with Crippen LogP contribution < -0.4 is 11.1 Å². The normalized spacial score (nSPS) is 18.6. The first-order valence-electron chi connectivity index (χ1n) is 6.66. The zero-order valence-electron chi connectivity index (χ0n) is 10.8. The Bertz CT molecular complexity index is 399. The topological polar surface area (TPSA) is 68.0 Å². The number of carbonyl (C=O) groups excluding carboxylic acids is 1. The summed E-state index contributed by atoms with van der Waals surface area (Å²) in [6.07, 6.45) is 6.38. The van der Waals surface area contributed by atoms with Crippen LogP contribution in [0.5, 0.6) is 0 Å². The van der Waals surface area contributed by atoms with Gasteiger partial charge in [-0.25, -0.2) is 4.98 Å². The van der Waals surface area contributed by atoms with Crippen molar-refractivity contribution in [1.29, 1.82) is 0 Å². The van der Waals surface area contributed by atoms with E-state index in [-0.39, 0.29) is 11.9 Å². The van der Waals surface area contributed by atoms with Crippen molar-refractivity contribution in [2.75, 3.05) is 0 Å². The van der Waals surface area contributed by atoms with E-state index in [0.717, 1.165) is 5.01 Å². The quantitative estimate of drug-likeness (QED) is 0.879. The highest BCUT2D eigenvalue weighted by atomic mass is 32.1. The molecule has 1 aliphatic carbocycles. The van der Waals surface area contributed by atoms with Crippen LogP contribution in [0.2, 0.25) is 0 Å². The summed E-state index contributed by atoms with van der Waals surface area (Å²) in [5, 5.41) is 5.66. The third-order valence-electron chi connectivity index (χ3n) is 3.67. The molecule has 1 saturated carbocycles. The van der Waals surface area contributed by atoms with Crippen LogP contribution in [0, 0.1) is 5.92 Å². The Morgan fingerprint density at radius 2 is 2.28 bits per heavy atom. The van der Waals surface area contributed by atoms with Crippen molar-refractivity contribution in [3.63, 3.8) is 0 Å². The number of rotatable bonds is 4. The summed E-state index contributed by atoms with van der Waals surface area (Å²) < 4.78 is 0. The van der Waals surface area contributed by atoms with E-state index >= 15 is 0 Å². The highest BCUT2D eigenvalue weighted by Crippen LogP contribution is 2.26. The Morgan fingerprint density at radius 3 is 2.89 bits per heavy atom. The molecule has 1 amide bonds. The van der Waals surface area contributed by atoms with Crippen LogP contribution in [0.4, 0.5) is 0 Å². The SMILES string of the molecule is C[C@@H](NC(=O)c1csc(CN)n1)C1CCCCC1. The van der Waals surface area contributed by atoms with Crippen LogP contribution in [-0.4, -0.2) is 16.9 Å². The van der Waals surface area contributed by atoms with E-state index in [1.807, 2.05) is 0 Å². The Kier molecular flexibility index (Phi) is 4.72. The molecule has 2 rings (SSSR count). The van der Waals surface area contributed by atoms with E-state index in [1.165, 1.54) is 43.4 Å². The van der Waals surface area contributed by atoms with Gasteiger partial charge in [-0.3, -0.25) is 4.79 Å². The zero-order valence-corrected chi connectivity index (χ0v) is 11.6. The predicted molar refractivity (Wildman–Crippen MR) is 73.5 cm³/mol. The standard InChI is InChI=1S/C13H21N3OS/c1-9(10-5-3-2-4-6-10)15-13(17)11-8-18-12(7-14)16-11/h8-10H,2-7,14H2,1H3,(H,15,17)/t9-/m1/s1. The Balaban J connectivity index is 1.89. The number of nitrogens with two attached hydrogens (primary N) is 1. The van der Waals surface area contributed by atoms with Crippen LogP contribution in [0.25, 0.3) is 0 Å². The number of thiazole rings is 1. The van der Waals surface area contributed by atoms with E-state index in [0.29, 0.717) is 18.2 Å². The fourth-order valence-electron chi connectivity index (χ4n) is 2.54. The molecule has 0 unspecified atom stereocenters. The van der Waals surface area contributed by atoms with E-state index in [4.69, 9.17) is 5.73 Å². The molecule has 0 radical (unpaired) electrons. The van der Waals surface area contributed by atoms with Crippen LogP contribution in [-0.2, 0) is 6.54 Å². The largest absolute Gasteiger partial charge is 0.348 e. The van der Waals surface area contributed by atoms with Gasteiger partial charge in [0.2, 0.25) is 0 Å². The maximum atomic E-state index is 12.0. The zero-order chi connectivity index (χ0) is 13.0. The van der Waals surface area contributed by atoms with E-state index in [9.17, 15) is 4.79 Å². The molecular formula is C13H21N3OS. The lowest BCUT2D eigenvalue weighted by Crippen LogP contribution is -2.39. The maximum absolute atomic E-state index is 12.0. The van der Waals surface area contributed by atoms with Crippen LogP contribution in [0.1, 0.15) is 54.5 Å². The Hall–Kier alpha value is -0.940. The fraction of sp³-hybridized carbons (Fsp3) is 0.692. The van der Waals surface area contributed by atoms with Gasteiger partial charge in [0.25, 0.3) is 5.91 Å². The number of amides is 1.